The first-order chi connectivity index (χ1) is 9.12. The minimum atomic E-state index is -0.420. The van der Waals surface area contributed by atoms with Crippen molar-refractivity contribution in [1.29, 1.82) is 0 Å². The van der Waals surface area contributed by atoms with Crippen molar-refractivity contribution >= 4 is 5.69 Å². The molecule has 0 saturated heterocycles. The predicted octanol–water partition coefficient (Wildman–Crippen LogP) is 2.92. The molecule has 5 heteroatoms. The van der Waals surface area contributed by atoms with Crippen LogP contribution in [-0.4, -0.2) is 24.6 Å². The molecule has 0 heterocycles. The lowest BCUT2D eigenvalue weighted by molar-refractivity contribution is -0.385. The van der Waals surface area contributed by atoms with E-state index in [4.69, 9.17) is 4.74 Å². The quantitative estimate of drug-likeness (QED) is 0.580. The maximum atomic E-state index is 10.8. The van der Waals surface area contributed by atoms with E-state index in [-0.39, 0.29) is 5.69 Å². The highest BCUT2D eigenvalue weighted by atomic mass is 16.6. The molecule has 1 aromatic rings. The smallest absolute Gasteiger partial charge is 0.310 e. The van der Waals surface area contributed by atoms with E-state index < -0.39 is 4.92 Å². The minimum Gasteiger partial charge on any atom is -0.490 e. The lowest BCUT2D eigenvalue weighted by Gasteiger charge is -2.17. The van der Waals surface area contributed by atoms with Crippen molar-refractivity contribution in [2.75, 3.05) is 13.7 Å². The van der Waals surface area contributed by atoms with E-state index in [1.165, 1.54) is 13.2 Å². The van der Waals surface area contributed by atoms with Gasteiger partial charge in [-0.2, -0.15) is 0 Å². The second-order valence-electron chi connectivity index (χ2n) is 4.51. The summed E-state index contributed by atoms with van der Waals surface area (Å²) in [4.78, 5) is 10.4. The zero-order chi connectivity index (χ0) is 14.3. The van der Waals surface area contributed by atoms with Gasteiger partial charge in [-0.1, -0.05) is 26.3 Å². The van der Waals surface area contributed by atoms with Crippen molar-refractivity contribution in [3.05, 3.63) is 33.9 Å². The van der Waals surface area contributed by atoms with E-state index in [9.17, 15) is 10.1 Å². The van der Waals surface area contributed by atoms with Crippen molar-refractivity contribution in [3.8, 4) is 5.75 Å². The summed E-state index contributed by atoms with van der Waals surface area (Å²) in [6, 6.07) is 5.49. The molecule has 1 unspecified atom stereocenters. The number of hydrogen-bond acceptors (Lipinski definition) is 4. The number of likely N-dealkylation sites (N-methyl/N-ethyl adjacent to an activating group) is 1. The molecule has 1 aromatic carbocycles. The number of hydrogen-bond donors (Lipinski definition) is 1. The molecule has 106 valence electrons. The Morgan fingerprint density at radius 1 is 1.42 bits per heavy atom. The molecule has 0 aliphatic rings. The molecule has 0 spiro atoms. The lowest BCUT2D eigenvalue weighted by atomic mass is 10.0. The summed E-state index contributed by atoms with van der Waals surface area (Å²) < 4.78 is 5.09. The van der Waals surface area contributed by atoms with Gasteiger partial charge in [0, 0.05) is 12.1 Å². The van der Waals surface area contributed by atoms with E-state index in [0.29, 0.717) is 11.8 Å². The first kappa shape index (κ1) is 15.4. The molecule has 1 atom stereocenters. The highest BCUT2D eigenvalue weighted by molar-refractivity contribution is 5.48. The van der Waals surface area contributed by atoms with Crippen LogP contribution >= 0.6 is 0 Å². The van der Waals surface area contributed by atoms with Gasteiger partial charge in [0.1, 0.15) is 0 Å². The van der Waals surface area contributed by atoms with E-state index in [2.05, 4.69) is 19.2 Å². The zero-order valence-corrected chi connectivity index (χ0v) is 11.8. The van der Waals surface area contributed by atoms with Gasteiger partial charge in [0.25, 0.3) is 0 Å². The van der Waals surface area contributed by atoms with Crippen molar-refractivity contribution in [3.63, 3.8) is 0 Å². The average Bonchev–Trinajstić information content (AvgIpc) is 2.38. The molecule has 0 fully saturated rings. The first-order valence-corrected chi connectivity index (χ1v) is 6.67. The Labute approximate surface area is 114 Å². The summed E-state index contributed by atoms with van der Waals surface area (Å²) in [5.74, 6) is 0.328. The number of ether oxygens (including phenoxy) is 1. The van der Waals surface area contributed by atoms with Gasteiger partial charge in [0.05, 0.1) is 12.0 Å². The van der Waals surface area contributed by atoms with Crippen LogP contribution in [0.25, 0.3) is 0 Å². The second-order valence-corrected chi connectivity index (χ2v) is 4.51. The Kier molecular flexibility index (Phi) is 6.29. The highest BCUT2D eigenvalue weighted by Crippen LogP contribution is 2.28. The van der Waals surface area contributed by atoms with Crippen LogP contribution in [0.1, 0.15) is 32.3 Å². The van der Waals surface area contributed by atoms with Crippen LogP contribution in [0.15, 0.2) is 18.2 Å². The molecular formula is C14H22N2O3. The molecule has 19 heavy (non-hydrogen) atoms. The highest BCUT2D eigenvalue weighted by Gasteiger charge is 2.16. The van der Waals surface area contributed by atoms with Crippen molar-refractivity contribution in [2.24, 2.45) is 0 Å². The van der Waals surface area contributed by atoms with E-state index in [0.717, 1.165) is 31.4 Å². The summed E-state index contributed by atoms with van der Waals surface area (Å²) in [6.45, 7) is 5.16. The fraction of sp³-hybridized carbons (Fsp3) is 0.571. The van der Waals surface area contributed by atoms with Crippen molar-refractivity contribution < 1.29 is 9.66 Å². The fourth-order valence-corrected chi connectivity index (χ4v) is 2.20. The zero-order valence-electron chi connectivity index (χ0n) is 11.8. The molecule has 0 bridgehead atoms. The third kappa shape index (κ3) is 4.52. The maximum Gasteiger partial charge on any atom is 0.310 e. The van der Waals surface area contributed by atoms with E-state index in [1.807, 2.05) is 0 Å². The van der Waals surface area contributed by atoms with Gasteiger partial charge in [0.15, 0.2) is 5.75 Å². The number of rotatable bonds is 8. The summed E-state index contributed by atoms with van der Waals surface area (Å²) >= 11 is 0. The second kappa shape index (κ2) is 7.74. The number of nitro groups is 1. The predicted molar refractivity (Wildman–Crippen MR) is 75.7 cm³/mol. The van der Waals surface area contributed by atoms with Gasteiger partial charge in [0.2, 0.25) is 0 Å². The van der Waals surface area contributed by atoms with Crippen LogP contribution in [0.2, 0.25) is 0 Å². The molecule has 0 saturated carbocycles. The third-order valence-corrected chi connectivity index (χ3v) is 3.05. The van der Waals surface area contributed by atoms with E-state index >= 15 is 0 Å². The summed E-state index contributed by atoms with van der Waals surface area (Å²) in [5.41, 5.74) is 1.07. The molecule has 1 rings (SSSR count). The maximum absolute atomic E-state index is 10.8. The number of benzene rings is 1. The van der Waals surface area contributed by atoms with Gasteiger partial charge < -0.3 is 10.1 Å². The Morgan fingerprint density at radius 3 is 2.68 bits per heavy atom. The summed E-state index contributed by atoms with van der Waals surface area (Å²) in [7, 11) is 1.46. The van der Waals surface area contributed by atoms with Gasteiger partial charge in [-0.15, -0.1) is 0 Å². The Hall–Kier alpha value is -1.62. The third-order valence-electron chi connectivity index (χ3n) is 3.05. The van der Waals surface area contributed by atoms with E-state index in [1.54, 1.807) is 12.1 Å². The summed E-state index contributed by atoms with van der Waals surface area (Å²) in [5, 5.41) is 14.3. The lowest BCUT2D eigenvalue weighted by Crippen LogP contribution is -2.30. The standard InChI is InChI=1S/C14H22N2O3/c1-4-6-12(15-5-2)9-11-7-8-13(16(17)18)14(10-11)19-3/h7-8,10,12,15H,4-6,9H2,1-3H3. The Morgan fingerprint density at radius 2 is 2.16 bits per heavy atom. The molecule has 0 radical (unpaired) electrons. The molecule has 0 aromatic heterocycles. The molecule has 1 N–H and O–H groups in total. The average molecular weight is 266 g/mol. The first-order valence-electron chi connectivity index (χ1n) is 6.67. The van der Waals surface area contributed by atoms with Crippen molar-refractivity contribution in [1.82, 2.24) is 5.32 Å². The number of nitrogens with one attached hydrogen (secondary N) is 1. The monoisotopic (exact) mass is 266 g/mol. The molecular weight excluding hydrogens is 244 g/mol. The van der Waals surface area contributed by atoms with Crippen LogP contribution in [-0.2, 0) is 6.42 Å². The van der Waals surface area contributed by atoms with Crippen LogP contribution in [0.4, 0.5) is 5.69 Å². The van der Waals surface area contributed by atoms with Crippen LogP contribution < -0.4 is 10.1 Å². The SMILES string of the molecule is CCCC(Cc1ccc([N+](=O)[O-])c(OC)c1)NCC. The number of methoxy groups -OCH3 is 1. The summed E-state index contributed by atoms with van der Waals surface area (Å²) in [6.07, 6.45) is 3.06. The Bertz CT molecular complexity index is 415. The van der Waals surface area contributed by atoms with Gasteiger partial charge in [-0.3, -0.25) is 10.1 Å². The molecule has 0 amide bonds. The normalized spacial score (nSPS) is 12.2. The topological polar surface area (TPSA) is 64.4 Å². The Balaban J connectivity index is 2.86. The van der Waals surface area contributed by atoms with Gasteiger partial charge in [-0.25, -0.2) is 0 Å². The molecule has 5 nitrogen and oxygen atoms in total. The van der Waals surface area contributed by atoms with Crippen LogP contribution in [0.5, 0.6) is 5.75 Å². The molecule has 0 aliphatic carbocycles. The number of nitrogens with zero attached hydrogens (tertiary/aromatic N) is 1. The van der Waals surface area contributed by atoms with Gasteiger partial charge in [-0.05, 0) is 31.0 Å². The van der Waals surface area contributed by atoms with Crippen LogP contribution in [0.3, 0.4) is 0 Å². The minimum absolute atomic E-state index is 0.0155. The largest absolute Gasteiger partial charge is 0.490 e. The number of nitro benzene ring substituents is 1. The van der Waals surface area contributed by atoms with Crippen LogP contribution in [0, 0.1) is 10.1 Å². The van der Waals surface area contributed by atoms with Crippen molar-refractivity contribution in [2.45, 2.75) is 39.2 Å². The van der Waals surface area contributed by atoms with Gasteiger partial charge >= 0.3 is 5.69 Å². The fourth-order valence-electron chi connectivity index (χ4n) is 2.20. The molecule has 0 aliphatic heterocycles.